The number of anilines is 2. The first kappa shape index (κ1) is 17.5. The number of carboxylic acids is 2. The molecule has 9 heteroatoms. The van der Waals surface area contributed by atoms with Crippen molar-refractivity contribution in [2.75, 3.05) is 11.5 Å². The quantitative estimate of drug-likeness (QED) is 0.485. The minimum atomic E-state index is -1.07. The highest BCUT2D eigenvalue weighted by Crippen LogP contribution is 2.19. The van der Waals surface area contributed by atoms with Crippen LogP contribution in [0, 0.1) is 0 Å². The van der Waals surface area contributed by atoms with Gasteiger partial charge in [0.15, 0.2) is 0 Å². The lowest BCUT2D eigenvalue weighted by atomic mass is 10.2. The molecule has 0 saturated heterocycles. The Morgan fingerprint density at radius 1 is 0.955 bits per heavy atom. The number of carbonyl (C=O) groups is 2. The van der Waals surface area contributed by atoms with E-state index in [4.69, 9.17) is 44.9 Å². The summed E-state index contributed by atoms with van der Waals surface area (Å²) in [5.41, 5.74) is 11.6. The van der Waals surface area contributed by atoms with E-state index in [0.29, 0.717) is 11.4 Å². The normalized spacial score (nSPS) is 9.55. The summed E-state index contributed by atoms with van der Waals surface area (Å²) in [4.78, 5) is 24.2. The predicted octanol–water partition coefficient (Wildman–Crippen LogP) is 2.64. The molecular formula is C13H11Cl2N3O4. The van der Waals surface area contributed by atoms with Gasteiger partial charge in [-0.2, -0.15) is 0 Å². The Morgan fingerprint density at radius 2 is 1.55 bits per heavy atom. The van der Waals surface area contributed by atoms with Crippen molar-refractivity contribution in [2.45, 2.75) is 0 Å². The van der Waals surface area contributed by atoms with Gasteiger partial charge in [0.25, 0.3) is 0 Å². The van der Waals surface area contributed by atoms with Gasteiger partial charge >= 0.3 is 11.9 Å². The molecule has 22 heavy (non-hydrogen) atoms. The molecule has 0 aliphatic heterocycles. The van der Waals surface area contributed by atoms with Gasteiger partial charge < -0.3 is 21.7 Å². The zero-order chi connectivity index (χ0) is 16.9. The van der Waals surface area contributed by atoms with Gasteiger partial charge in [-0.05, 0) is 24.3 Å². The van der Waals surface area contributed by atoms with Gasteiger partial charge in [-0.3, -0.25) is 0 Å². The molecule has 0 aliphatic carbocycles. The number of nitrogen functional groups attached to an aromatic ring is 2. The number of halogens is 2. The predicted molar refractivity (Wildman–Crippen MR) is 83.4 cm³/mol. The highest BCUT2D eigenvalue weighted by Gasteiger charge is 2.06. The van der Waals surface area contributed by atoms with Crippen molar-refractivity contribution in [1.29, 1.82) is 0 Å². The second kappa shape index (κ2) is 7.48. The summed E-state index contributed by atoms with van der Waals surface area (Å²) in [5.74, 6) is -2.08. The SMILES string of the molecule is Nc1ccc(C(=O)O)cc1N.O=C(O)c1cnc(Cl)c(Cl)c1. The van der Waals surface area contributed by atoms with Crippen LogP contribution in [0.4, 0.5) is 11.4 Å². The van der Waals surface area contributed by atoms with Crippen molar-refractivity contribution in [2.24, 2.45) is 0 Å². The van der Waals surface area contributed by atoms with Crippen LogP contribution in [0.1, 0.15) is 20.7 Å². The fourth-order valence-corrected chi connectivity index (χ4v) is 1.52. The summed E-state index contributed by atoms with van der Waals surface area (Å²) in [6.45, 7) is 0. The average molecular weight is 344 g/mol. The monoisotopic (exact) mass is 343 g/mol. The molecule has 2 rings (SSSR count). The molecule has 0 fully saturated rings. The molecule has 0 unspecified atom stereocenters. The van der Waals surface area contributed by atoms with Gasteiger partial charge in [0.1, 0.15) is 5.15 Å². The Kier molecular flexibility index (Phi) is 5.97. The van der Waals surface area contributed by atoms with Crippen LogP contribution in [0.2, 0.25) is 10.2 Å². The number of benzene rings is 1. The van der Waals surface area contributed by atoms with E-state index in [-0.39, 0.29) is 21.3 Å². The van der Waals surface area contributed by atoms with Crippen LogP contribution in [0.3, 0.4) is 0 Å². The maximum Gasteiger partial charge on any atom is 0.337 e. The lowest BCUT2D eigenvalue weighted by Gasteiger charge is -1.99. The summed E-state index contributed by atoms with van der Waals surface area (Å²) >= 11 is 10.9. The highest BCUT2D eigenvalue weighted by molar-refractivity contribution is 6.41. The molecule has 1 aromatic heterocycles. The van der Waals surface area contributed by atoms with Crippen molar-refractivity contribution in [3.05, 3.63) is 51.8 Å². The molecule has 116 valence electrons. The number of rotatable bonds is 2. The topological polar surface area (TPSA) is 140 Å². The molecule has 1 aromatic carbocycles. The number of hydrogen-bond acceptors (Lipinski definition) is 5. The summed E-state index contributed by atoms with van der Waals surface area (Å²) < 4.78 is 0. The van der Waals surface area contributed by atoms with E-state index >= 15 is 0 Å². The van der Waals surface area contributed by atoms with Crippen LogP contribution in [0.15, 0.2) is 30.5 Å². The number of aromatic carboxylic acids is 2. The molecule has 6 N–H and O–H groups in total. The number of nitrogens with zero attached hydrogens (tertiary/aromatic N) is 1. The van der Waals surface area contributed by atoms with Gasteiger partial charge in [0.2, 0.25) is 0 Å². The van der Waals surface area contributed by atoms with Crippen molar-refractivity contribution < 1.29 is 19.8 Å². The second-order valence-electron chi connectivity index (χ2n) is 3.95. The lowest BCUT2D eigenvalue weighted by molar-refractivity contribution is 0.0686. The van der Waals surface area contributed by atoms with Gasteiger partial charge in [-0.15, -0.1) is 0 Å². The zero-order valence-corrected chi connectivity index (χ0v) is 12.5. The Morgan fingerprint density at radius 3 is 2.00 bits per heavy atom. The van der Waals surface area contributed by atoms with E-state index in [0.717, 1.165) is 6.20 Å². The summed E-state index contributed by atoms with van der Waals surface area (Å²) in [6, 6.07) is 5.46. The van der Waals surface area contributed by atoms with E-state index in [1.165, 1.54) is 24.3 Å². The van der Waals surface area contributed by atoms with Crippen molar-refractivity contribution in [3.8, 4) is 0 Å². The highest BCUT2D eigenvalue weighted by atomic mass is 35.5. The van der Waals surface area contributed by atoms with Crippen LogP contribution in [-0.4, -0.2) is 27.1 Å². The number of nitrogens with two attached hydrogens (primary N) is 2. The molecule has 0 amide bonds. The Bertz CT molecular complexity index is 661. The molecule has 0 aliphatic rings. The molecule has 1 heterocycles. The maximum atomic E-state index is 10.4. The van der Waals surface area contributed by atoms with Crippen molar-refractivity contribution in [1.82, 2.24) is 4.98 Å². The van der Waals surface area contributed by atoms with Crippen LogP contribution >= 0.6 is 23.2 Å². The number of carboxylic acid groups (broad SMARTS) is 2. The molecule has 7 nitrogen and oxygen atoms in total. The smallest absolute Gasteiger partial charge is 0.337 e. The Labute approximate surface area is 135 Å². The number of aromatic nitrogens is 1. The first-order chi connectivity index (χ1) is 10.2. The third-order valence-electron chi connectivity index (χ3n) is 2.38. The standard InChI is InChI=1S/C7H8N2O2.C6H3Cl2NO2/c8-5-2-1-4(7(10)11)3-6(5)9;7-4-1-3(6(10)11)2-9-5(4)8/h1-3H,8-9H2,(H,10,11);1-2H,(H,10,11). The largest absolute Gasteiger partial charge is 0.478 e. The molecular weight excluding hydrogens is 333 g/mol. The average Bonchev–Trinajstić information content (AvgIpc) is 2.45. The second-order valence-corrected chi connectivity index (χ2v) is 4.72. The van der Waals surface area contributed by atoms with Crippen LogP contribution in [-0.2, 0) is 0 Å². The first-order valence-electron chi connectivity index (χ1n) is 5.65. The molecule has 0 saturated carbocycles. The summed E-state index contributed by atoms with van der Waals surface area (Å²) in [6.07, 6.45) is 1.15. The van der Waals surface area contributed by atoms with Crippen LogP contribution in [0.25, 0.3) is 0 Å². The van der Waals surface area contributed by atoms with Gasteiger partial charge in [-0.25, -0.2) is 14.6 Å². The molecule has 2 aromatic rings. The third kappa shape index (κ3) is 4.80. The molecule has 0 spiro atoms. The maximum absolute atomic E-state index is 10.4. The van der Waals surface area contributed by atoms with Crippen LogP contribution in [0.5, 0.6) is 0 Å². The fraction of sp³-hybridized carbons (Fsp3) is 0. The molecule has 0 bridgehead atoms. The fourth-order valence-electron chi connectivity index (χ4n) is 1.25. The van der Waals surface area contributed by atoms with Crippen molar-refractivity contribution in [3.63, 3.8) is 0 Å². The minimum Gasteiger partial charge on any atom is -0.478 e. The van der Waals surface area contributed by atoms with Gasteiger partial charge in [-0.1, -0.05) is 23.2 Å². The van der Waals surface area contributed by atoms with Gasteiger partial charge in [0, 0.05) is 6.20 Å². The third-order valence-corrected chi connectivity index (χ3v) is 3.06. The minimum absolute atomic E-state index is 0.0272. The first-order valence-corrected chi connectivity index (χ1v) is 6.40. The van der Waals surface area contributed by atoms with E-state index < -0.39 is 11.9 Å². The zero-order valence-electron chi connectivity index (χ0n) is 11.0. The van der Waals surface area contributed by atoms with E-state index in [2.05, 4.69) is 4.98 Å². The van der Waals surface area contributed by atoms with E-state index in [9.17, 15) is 9.59 Å². The lowest BCUT2D eigenvalue weighted by Crippen LogP contribution is -2.00. The van der Waals surface area contributed by atoms with E-state index in [1.54, 1.807) is 0 Å². The molecule has 0 radical (unpaired) electrons. The summed E-state index contributed by atoms with van der Waals surface area (Å²) in [7, 11) is 0. The summed E-state index contributed by atoms with van der Waals surface area (Å²) in [5, 5.41) is 17.2. The van der Waals surface area contributed by atoms with Crippen molar-refractivity contribution >= 4 is 46.5 Å². The van der Waals surface area contributed by atoms with Gasteiger partial charge in [0.05, 0.1) is 27.5 Å². The number of pyridine rings is 1. The Hall–Kier alpha value is -2.51. The number of hydrogen-bond donors (Lipinski definition) is 4. The van der Waals surface area contributed by atoms with E-state index in [1.807, 2.05) is 0 Å². The molecule has 0 atom stereocenters. The van der Waals surface area contributed by atoms with Crippen LogP contribution < -0.4 is 11.5 Å². The Balaban J connectivity index is 0.000000220.